The molecule has 2 heterocycles. The van der Waals surface area contributed by atoms with Gasteiger partial charge in [0.05, 0.1) is 11.1 Å². The Bertz CT molecular complexity index is 957. The van der Waals surface area contributed by atoms with E-state index >= 15 is 0 Å². The van der Waals surface area contributed by atoms with E-state index in [1.54, 1.807) is 37.3 Å². The van der Waals surface area contributed by atoms with Crippen molar-refractivity contribution in [2.75, 3.05) is 0 Å². The van der Waals surface area contributed by atoms with E-state index < -0.39 is 10.8 Å². The minimum Gasteiger partial charge on any atom is -0.455 e. The molecule has 0 spiro atoms. The summed E-state index contributed by atoms with van der Waals surface area (Å²) in [6.45, 7) is 1.78. The van der Waals surface area contributed by atoms with Crippen molar-refractivity contribution in [3.63, 3.8) is 0 Å². The van der Waals surface area contributed by atoms with Crippen LogP contribution < -0.4 is 5.43 Å². The van der Waals surface area contributed by atoms with Crippen molar-refractivity contribution < 1.29 is 14.1 Å². The Morgan fingerprint density at radius 2 is 2.20 bits per heavy atom. The predicted octanol–water partition coefficient (Wildman–Crippen LogP) is 2.65. The van der Waals surface area contributed by atoms with Crippen LogP contribution in [0.4, 0.5) is 5.69 Å². The largest absolute Gasteiger partial charge is 0.455 e. The Kier molecular flexibility index (Phi) is 4.38. The standard InChI is InChI=1S/C16H13N5O4/c1-10-7-14(19-18-10)16(22)20-17-9-13-5-6-15(25-13)11-3-2-4-12(8-11)21(23)24/h2-9H,1H3,(H,18,19)(H,20,22)/b17-9-. The van der Waals surface area contributed by atoms with Gasteiger partial charge in [0.1, 0.15) is 11.5 Å². The highest BCUT2D eigenvalue weighted by Gasteiger charge is 2.10. The van der Waals surface area contributed by atoms with Crippen LogP contribution in [0.15, 0.2) is 52.0 Å². The molecule has 9 heteroatoms. The molecule has 2 aromatic heterocycles. The Labute approximate surface area is 141 Å². The lowest BCUT2D eigenvalue weighted by molar-refractivity contribution is -0.384. The molecule has 0 unspecified atom stereocenters. The maximum Gasteiger partial charge on any atom is 0.291 e. The molecular weight excluding hydrogens is 326 g/mol. The second-order valence-electron chi connectivity index (χ2n) is 5.14. The lowest BCUT2D eigenvalue weighted by Gasteiger charge is -1.97. The topological polar surface area (TPSA) is 126 Å². The molecule has 0 aliphatic heterocycles. The van der Waals surface area contributed by atoms with E-state index in [1.807, 2.05) is 0 Å². The Balaban J connectivity index is 1.68. The lowest BCUT2D eigenvalue weighted by atomic mass is 10.1. The number of hydrazone groups is 1. The molecule has 3 aromatic rings. The van der Waals surface area contributed by atoms with Gasteiger partial charge in [-0.1, -0.05) is 12.1 Å². The van der Waals surface area contributed by atoms with Gasteiger partial charge in [-0.3, -0.25) is 20.0 Å². The van der Waals surface area contributed by atoms with Gasteiger partial charge in [0.15, 0.2) is 5.69 Å². The highest BCUT2D eigenvalue weighted by Crippen LogP contribution is 2.25. The highest BCUT2D eigenvalue weighted by atomic mass is 16.6. The summed E-state index contributed by atoms with van der Waals surface area (Å²) in [6, 6.07) is 11.0. The van der Waals surface area contributed by atoms with E-state index in [-0.39, 0.29) is 11.4 Å². The zero-order chi connectivity index (χ0) is 17.8. The maximum absolute atomic E-state index is 11.8. The van der Waals surface area contributed by atoms with Gasteiger partial charge in [0.25, 0.3) is 11.6 Å². The third-order valence-electron chi connectivity index (χ3n) is 3.26. The molecule has 0 aliphatic rings. The molecule has 1 aromatic carbocycles. The third kappa shape index (κ3) is 3.78. The van der Waals surface area contributed by atoms with Gasteiger partial charge in [-0.2, -0.15) is 10.2 Å². The van der Waals surface area contributed by atoms with E-state index in [0.717, 1.165) is 5.69 Å². The van der Waals surface area contributed by atoms with Crippen molar-refractivity contribution in [1.29, 1.82) is 0 Å². The Hall–Kier alpha value is -3.75. The number of carbonyl (C=O) groups excluding carboxylic acids is 1. The molecule has 2 N–H and O–H groups in total. The first-order chi connectivity index (χ1) is 12.0. The van der Waals surface area contributed by atoms with Gasteiger partial charge >= 0.3 is 0 Å². The molecule has 1 amide bonds. The number of nitro groups is 1. The Morgan fingerprint density at radius 3 is 2.92 bits per heavy atom. The predicted molar refractivity (Wildman–Crippen MR) is 89.2 cm³/mol. The fourth-order valence-corrected chi connectivity index (χ4v) is 2.10. The summed E-state index contributed by atoms with van der Waals surface area (Å²) in [7, 11) is 0. The second kappa shape index (κ2) is 6.79. The zero-order valence-corrected chi connectivity index (χ0v) is 13.1. The molecule has 25 heavy (non-hydrogen) atoms. The van der Waals surface area contributed by atoms with Crippen LogP contribution >= 0.6 is 0 Å². The van der Waals surface area contributed by atoms with Gasteiger partial charge < -0.3 is 4.42 Å². The van der Waals surface area contributed by atoms with E-state index in [9.17, 15) is 14.9 Å². The number of non-ortho nitro benzene ring substituents is 1. The number of nitrogens with one attached hydrogen (secondary N) is 2. The number of aryl methyl sites for hydroxylation is 1. The summed E-state index contributed by atoms with van der Waals surface area (Å²) in [4.78, 5) is 22.1. The molecular formula is C16H13N5O4. The zero-order valence-electron chi connectivity index (χ0n) is 13.1. The van der Waals surface area contributed by atoms with Crippen LogP contribution in [0.2, 0.25) is 0 Å². The molecule has 0 radical (unpaired) electrons. The number of hydrogen-bond donors (Lipinski definition) is 2. The Morgan fingerprint density at radius 1 is 1.36 bits per heavy atom. The summed E-state index contributed by atoms with van der Waals surface area (Å²) in [6.07, 6.45) is 1.33. The quantitative estimate of drug-likeness (QED) is 0.420. The van der Waals surface area contributed by atoms with Crippen LogP contribution in [-0.4, -0.2) is 27.2 Å². The maximum atomic E-state index is 11.8. The molecule has 0 bridgehead atoms. The number of rotatable bonds is 5. The van der Waals surface area contributed by atoms with Gasteiger partial charge in [-0.15, -0.1) is 0 Å². The second-order valence-corrected chi connectivity index (χ2v) is 5.14. The molecule has 126 valence electrons. The van der Waals surface area contributed by atoms with Gasteiger partial charge in [0, 0.05) is 23.4 Å². The van der Waals surface area contributed by atoms with E-state index in [4.69, 9.17) is 4.42 Å². The third-order valence-corrected chi connectivity index (χ3v) is 3.26. The molecule has 0 fully saturated rings. The summed E-state index contributed by atoms with van der Waals surface area (Å²) in [5.41, 5.74) is 3.88. The van der Waals surface area contributed by atoms with Gasteiger partial charge in [0.2, 0.25) is 0 Å². The van der Waals surface area contributed by atoms with Gasteiger partial charge in [-0.05, 0) is 25.1 Å². The highest BCUT2D eigenvalue weighted by molar-refractivity contribution is 5.93. The van der Waals surface area contributed by atoms with Crippen molar-refractivity contribution in [2.45, 2.75) is 6.92 Å². The van der Waals surface area contributed by atoms with Crippen LogP contribution in [-0.2, 0) is 0 Å². The van der Waals surface area contributed by atoms with Crippen molar-refractivity contribution in [2.24, 2.45) is 5.10 Å². The average Bonchev–Trinajstić information content (AvgIpc) is 3.24. The minimum atomic E-state index is -0.471. The van der Waals surface area contributed by atoms with E-state index in [1.165, 1.54) is 18.3 Å². The van der Waals surface area contributed by atoms with Crippen molar-refractivity contribution in [1.82, 2.24) is 15.6 Å². The number of nitrogens with zero attached hydrogens (tertiary/aromatic N) is 3. The monoisotopic (exact) mass is 339 g/mol. The number of hydrogen-bond acceptors (Lipinski definition) is 6. The number of furan rings is 1. The number of amides is 1. The summed E-state index contributed by atoms with van der Waals surface area (Å²) in [5.74, 6) is 0.394. The molecule has 0 aliphatic carbocycles. The normalized spacial score (nSPS) is 10.9. The lowest BCUT2D eigenvalue weighted by Crippen LogP contribution is -2.17. The first-order valence-corrected chi connectivity index (χ1v) is 7.23. The fraction of sp³-hybridized carbons (Fsp3) is 0.0625. The molecule has 3 rings (SSSR count). The van der Waals surface area contributed by atoms with Crippen molar-refractivity contribution >= 4 is 17.8 Å². The number of nitro benzene ring substituents is 1. The summed E-state index contributed by atoms with van der Waals surface area (Å²) < 4.78 is 5.55. The van der Waals surface area contributed by atoms with Gasteiger partial charge in [-0.25, -0.2) is 5.43 Å². The SMILES string of the molecule is Cc1cc(C(=O)N/N=C\c2ccc(-c3cccc([N+](=O)[O-])c3)o2)n[nH]1. The van der Waals surface area contributed by atoms with Crippen LogP contribution in [0.1, 0.15) is 21.9 Å². The van der Waals surface area contributed by atoms with Crippen LogP contribution in [0.3, 0.4) is 0 Å². The molecule has 0 saturated heterocycles. The molecule has 9 nitrogen and oxygen atoms in total. The van der Waals surface area contributed by atoms with E-state index in [2.05, 4.69) is 20.7 Å². The van der Waals surface area contributed by atoms with Crippen LogP contribution in [0.5, 0.6) is 0 Å². The molecule has 0 saturated carbocycles. The number of aromatic nitrogens is 2. The summed E-state index contributed by atoms with van der Waals surface area (Å²) >= 11 is 0. The smallest absolute Gasteiger partial charge is 0.291 e. The minimum absolute atomic E-state index is 0.0225. The number of carbonyl (C=O) groups is 1. The summed E-state index contributed by atoms with van der Waals surface area (Å²) in [5, 5.41) is 21.1. The first-order valence-electron chi connectivity index (χ1n) is 7.23. The fourth-order valence-electron chi connectivity index (χ4n) is 2.10. The number of benzene rings is 1. The van der Waals surface area contributed by atoms with Crippen LogP contribution in [0.25, 0.3) is 11.3 Å². The number of aromatic amines is 1. The van der Waals surface area contributed by atoms with Crippen molar-refractivity contribution in [3.05, 3.63) is 69.7 Å². The van der Waals surface area contributed by atoms with E-state index in [0.29, 0.717) is 17.1 Å². The first kappa shape index (κ1) is 16.1. The molecule has 0 atom stereocenters. The van der Waals surface area contributed by atoms with Crippen molar-refractivity contribution in [3.8, 4) is 11.3 Å². The average molecular weight is 339 g/mol. The number of H-pyrrole nitrogens is 1. The van der Waals surface area contributed by atoms with Crippen LogP contribution in [0, 0.1) is 17.0 Å².